The van der Waals surface area contributed by atoms with Crippen molar-refractivity contribution in [1.82, 2.24) is 0 Å². The van der Waals surface area contributed by atoms with E-state index in [0.717, 1.165) is 22.3 Å². The molecule has 0 amide bonds. The maximum Gasteiger partial charge on any atom is 0.337 e. The number of methoxy groups -OCH3 is 1. The highest BCUT2D eigenvalue weighted by Gasteiger charge is 2.23. The highest BCUT2D eigenvalue weighted by Crippen LogP contribution is 2.27. The van der Waals surface area contributed by atoms with Gasteiger partial charge >= 0.3 is 5.97 Å². The van der Waals surface area contributed by atoms with Gasteiger partial charge in [0.05, 0.1) is 12.7 Å². The molecule has 2 aromatic rings. The Morgan fingerprint density at radius 1 is 1.10 bits per heavy atom. The van der Waals surface area contributed by atoms with Crippen LogP contribution in [-0.2, 0) is 11.2 Å². The highest BCUT2D eigenvalue weighted by molar-refractivity contribution is 6.15. The van der Waals surface area contributed by atoms with Crippen LogP contribution in [0.4, 0.5) is 0 Å². The van der Waals surface area contributed by atoms with Crippen molar-refractivity contribution in [3.8, 4) is 0 Å². The molecule has 0 aliphatic heterocycles. The maximum atomic E-state index is 12.3. The fraction of sp³-hybridized carbons (Fsp3) is 0.111. The van der Waals surface area contributed by atoms with Crippen LogP contribution in [0.3, 0.4) is 0 Å². The summed E-state index contributed by atoms with van der Waals surface area (Å²) in [5, 5.41) is 0. The fourth-order valence-corrected chi connectivity index (χ4v) is 2.51. The van der Waals surface area contributed by atoms with Crippen molar-refractivity contribution in [3.05, 3.63) is 76.4 Å². The van der Waals surface area contributed by atoms with E-state index in [1.165, 1.54) is 7.11 Å². The quantitative estimate of drug-likeness (QED) is 0.625. The van der Waals surface area contributed by atoms with E-state index in [0.29, 0.717) is 12.0 Å². The topological polar surface area (TPSA) is 43.4 Å². The molecule has 3 heteroatoms. The van der Waals surface area contributed by atoms with Crippen molar-refractivity contribution in [3.63, 3.8) is 0 Å². The first-order chi connectivity index (χ1) is 10.2. The third-order valence-corrected chi connectivity index (χ3v) is 3.61. The zero-order valence-corrected chi connectivity index (χ0v) is 11.6. The van der Waals surface area contributed by atoms with E-state index in [1.807, 2.05) is 42.5 Å². The van der Waals surface area contributed by atoms with Gasteiger partial charge in [0.2, 0.25) is 0 Å². The minimum absolute atomic E-state index is 0.0858. The molecule has 2 aromatic carbocycles. The van der Waals surface area contributed by atoms with Gasteiger partial charge in [-0.05, 0) is 29.3 Å². The Kier molecular flexibility index (Phi) is 3.40. The first kappa shape index (κ1) is 13.3. The fourth-order valence-electron chi connectivity index (χ4n) is 2.51. The minimum Gasteiger partial charge on any atom is -0.465 e. The molecule has 0 heterocycles. The van der Waals surface area contributed by atoms with Crippen LogP contribution >= 0.6 is 0 Å². The number of carbonyl (C=O) groups excluding carboxylic acids is 2. The Balaban J connectivity index is 1.87. The third kappa shape index (κ3) is 2.50. The number of fused-ring (bicyclic) bond motifs is 1. The van der Waals surface area contributed by atoms with Gasteiger partial charge in [-0.25, -0.2) is 4.79 Å². The molecular weight excluding hydrogens is 264 g/mol. The van der Waals surface area contributed by atoms with Crippen molar-refractivity contribution in [2.24, 2.45) is 0 Å². The lowest BCUT2D eigenvalue weighted by Crippen LogP contribution is -2.00. The smallest absolute Gasteiger partial charge is 0.337 e. The Hall–Kier alpha value is -2.68. The molecular formula is C18H14O3. The van der Waals surface area contributed by atoms with E-state index in [-0.39, 0.29) is 11.8 Å². The number of ether oxygens (including phenoxy) is 1. The second-order valence-corrected chi connectivity index (χ2v) is 4.95. The van der Waals surface area contributed by atoms with Gasteiger partial charge in [0.25, 0.3) is 0 Å². The molecule has 0 N–H and O–H groups in total. The average Bonchev–Trinajstić information content (AvgIpc) is 2.84. The van der Waals surface area contributed by atoms with E-state index >= 15 is 0 Å². The Morgan fingerprint density at radius 3 is 2.48 bits per heavy atom. The van der Waals surface area contributed by atoms with Gasteiger partial charge in [-0.2, -0.15) is 0 Å². The van der Waals surface area contributed by atoms with Crippen molar-refractivity contribution in [1.29, 1.82) is 0 Å². The van der Waals surface area contributed by atoms with Crippen molar-refractivity contribution in [2.75, 3.05) is 7.11 Å². The maximum absolute atomic E-state index is 12.3. The Labute approximate surface area is 122 Å². The molecule has 0 bridgehead atoms. The summed E-state index contributed by atoms with van der Waals surface area (Å²) in [6.07, 6.45) is 2.54. The van der Waals surface area contributed by atoms with Gasteiger partial charge in [0.15, 0.2) is 5.78 Å². The molecule has 0 saturated carbocycles. The zero-order valence-electron chi connectivity index (χ0n) is 11.6. The van der Waals surface area contributed by atoms with Gasteiger partial charge < -0.3 is 4.74 Å². The van der Waals surface area contributed by atoms with Crippen molar-refractivity contribution < 1.29 is 14.3 Å². The van der Waals surface area contributed by atoms with Gasteiger partial charge in [-0.15, -0.1) is 0 Å². The van der Waals surface area contributed by atoms with E-state index in [4.69, 9.17) is 0 Å². The average molecular weight is 278 g/mol. The third-order valence-electron chi connectivity index (χ3n) is 3.61. The number of carbonyl (C=O) groups is 2. The normalized spacial score (nSPS) is 15.1. The first-order valence-corrected chi connectivity index (χ1v) is 6.70. The molecule has 1 aliphatic rings. The number of benzene rings is 2. The molecule has 0 unspecified atom stereocenters. The number of ketones is 1. The lowest BCUT2D eigenvalue weighted by molar-refractivity contribution is 0.0600. The first-order valence-electron chi connectivity index (χ1n) is 6.70. The molecule has 0 fully saturated rings. The lowest BCUT2D eigenvalue weighted by Gasteiger charge is -2.00. The van der Waals surface area contributed by atoms with Gasteiger partial charge in [0.1, 0.15) is 0 Å². The number of esters is 1. The summed E-state index contributed by atoms with van der Waals surface area (Å²) in [6, 6.07) is 14.7. The summed E-state index contributed by atoms with van der Waals surface area (Å²) in [5.74, 6) is -0.277. The monoisotopic (exact) mass is 278 g/mol. The number of allylic oxidation sites excluding steroid dienone is 1. The SMILES string of the molecule is COC(=O)c1ccc(/C=C2\Cc3ccccc3C2=O)cc1. The largest absolute Gasteiger partial charge is 0.465 e. The van der Waals surface area contributed by atoms with Crippen LogP contribution in [0.1, 0.15) is 31.8 Å². The Bertz CT molecular complexity index is 739. The Morgan fingerprint density at radius 2 is 1.81 bits per heavy atom. The van der Waals surface area contributed by atoms with Crippen LogP contribution in [0, 0.1) is 0 Å². The molecule has 3 rings (SSSR count). The number of Topliss-reactive ketones (excluding diaryl/α,β-unsaturated/α-hetero) is 1. The van der Waals surface area contributed by atoms with Crippen LogP contribution < -0.4 is 0 Å². The van der Waals surface area contributed by atoms with Crippen molar-refractivity contribution in [2.45, 2.75) is 6.42 Å². The molecule has 0 aromatic heterocycles. The van der Waals surface area contributed by atoms with E-state index in [2.05, 4.69) is 4.74 Å². The van der Waals surface area contributed by atoms with E-state index in [9.17, 15) is 9.59 Å². The molecule has 0 spiro atoms. The molecule has 21 heavy (non-hydrogen) atoms. The number of hydrogen-bond acceptors (Lipinski definition) is 3. The summed E-state index contributed by atoms with van der Waals surface area (Å²) in [4.78, 5) is 23.7. The summed E-state index contributed by atoms with van der Waals surface area (Å²) in [5.41, 5.74) is 4.04. The van der Waals surface area contributed by atoms with E-state index < -0.39 is 0 Å². The standard InChI is InChI=1S/C18H14O3/c1-21-18(20)13-8-6-12(7-9-13)10-15-11-14-4-2-3-5-16(14)17(15)19/h2-10H,11H2,1H3/b15-10+. The van der Waals surface area contributed by atoms with Gasteiger partial charge in [-0.3, -0.25) is 4.79 Å². The summed E-state index contributed by atoms with van der Waals surface area (Å²) in [6.45, 7) is 0. The lowest BCUT2D eigenvalue weighted by atomic mass is 10.1. The molecule has 0 radical (unpaired) electrons. The van der Waals surface area contributed by atoms with Crippen LogP contribution in [0.25, 0.3) is 6.08 Å². The summed E-state index contributed by atoms with van der Waals surface area (Å²) in [7, 11) is 1.35. The van der Waals surface area contributed by atoms with Crippen molar-refractivity contribution >= 4 is 17.8 Å². The number of hydrogen-bond donors (Lipinski definition) is 0. The molecule has 0 atom stereocenters. The molecule has 104 valence electrons. The van der Waals surface area contributed by atoms with Gasteiger partial charge in [-0.1, -0.05) is 36.4 Å². The van der Waals surface area contributed by atoms with E-state index in [1.54, 1.807) is 12.1 Å². The van der Waals surface area contributed by atoms with Crippen LogP contribution in [0.15, 0.2) is 54.1 Å². The summed E-state index contributed by atoms with van der Waals surface area (Å²) >= 11 is 0. The van der Waals surface area contributed by atoms with Crippen LogP contribution in [0.2, 0.25) is 0 Å². The second kappa shape index (κ2) is 5.37. The molecule has 0 saturated heterocycles. The highest BCUT2D eigenvalue weighted by atomic mass is 16.5. The van der Waals surface area contributed by atoms with Crippen LogP contribution in [-0.4, -0.2) is 18.9 Å². The predicted molar refractivity (Wildman–Crippen MR) is 80.2 cm³/mol. The molecule has 3 nitrogen and oxygen atoms in total. The predicted octanol–water partition coefficient (Wildman–Crippen LogP) is 3.30. The second-order valence-electron chi connectivity index (χ2n) is 4.95. The number of rotatable bonds is 2. The summed E-state index contributed by atoms with van der Waals surface area (Å²) < 4.78 is 4.66. The van der Waals surface area contributed by atoms with Crippen LogP contribution in [0.5, 0.6) is 0 Å². The molecule has 1 aliphatic carbocycles. The minimum atomic E-state index is -0.362. The zero-order chi connectivity index (χ0) is 14.8. The van der Waals surface area contributed by atoms with Gasteiger partial charge in [0, 0.05) is 17.6 Å².